The third kappa shape index (κ3) is 4.81. The zero-order valence-corrected chi connectivity index (χ0v) is 30.4. The molecule has 8 aromatic carbocycles. The minimum Gasteiger partial charge on any atom is -0.456 e. The van der Waals surface area contributed by atoms with Crippen molar-refractivity contribution in [3.63, 3.8) is 0 Å². The van der Waals surface area contributed by atoms with Crippen molar-refractivity contribution in [3.8, 4) is 51.0 Å². The Morgan fingerprint density at radius 3 is 1.56 bits per heavy atom. The largest absolute Gasteiger partial charge is 0.456 e. The summed E-state index contributed by atoms with van der Waals surface area (Å²) in [5.74, 6) is 1.64. The molecule has 0 N–H and O–H groups in total. The molecule has 4 aromatic heterocycles. The molecular weight excluding hydrogens is 701 g/mol. The van der Waals surface area contributed by atoms with E-state index in [0.29, 0.717) is 17.5 Å². The van der Waals surface area contributed by atoms with Crippen LogP contribution in [0.2, 0.25) is 0 Å². The van der Waals surface area contributed by atoms with Gasteiger partial charge in [-0.05, 0) is 53.6 Å². The van der Waals surface area contributed by atoms with Gasteiger partial charge in [0.25, 0.3) is 0 Å². The summed E-state index contributed by atoms with van der Waals surface area (Å²) in [6, 6.07) is 62.5. The van der Waals surface area contributed by atoms with Crippen molar-refractivity contribution in [1.82, 2.24) is 19.5 Å². The zero-order chi connectivity index (χ0) is 37.5. The molecule has 0 radical (unpaired) electrons. The van der Waals surface area contributed by atoms with Crippen LogP contribution in [-0.4, -0.2) is 19.5 Å². The molecule has 12 aromatic rings. The number of hydrogen-bond acceptors (Lipinski definition) is 5. The van der Waals surface area contributed by atoms with Crippen molar-refractivity contribution >= 4 is 65.7 Å². The van der Waals surface area contributed by atoms with E-state index in [2.05, 4.69) is 114 Å². The lowest BCUT2D eigenvalue weighted by molar-refractivity contribution is 0.668. The first-order chi connectivity index (χ1) is 28.3. The monoisotopic (exact) mass is 730 g/mol. The van der Waals surface area contributed by atoms with Gasteiger partial charge in [0.2, 0.25) is 0 Å². The number of furan rings is 2. The average Bonchev–Trinajstić information content (AvgIpc) is 3.97. The highest BCUT2D eigenvalue weighted by Gasteiger charge is 2.23. The van der Waals surface area contributed by atoms with Gasteiger partial charge in [0.05, 0.1) is 27.7 Å². The molecule has 6 heteroatoms. The van der Waals surface area contributed by atoms with E-state index in [1.807, 2.05) is 72.8 Å². The molecule has 0 aliphatic carbocycles. The third-order valence-electron chi connectivity index (χ3n) is 11.1. The van der Waals surface area contributed by atoms with E-state index < -0.39 is 0 Å². The summed E-state index contributed by atoms with van der Waals surface area (Å²) in [5, 5.41) is 6.39. The van der Waals surface area contributed by atoms with E-state index in [4.69, 9.17) is 23.8 Å². The van der Waals surface area contributed by atoms with Gasteiger partial charge < -0.3 is 13.4 Å². The fourth-order valence-corrected chi connectivity index (χ4v) is 8.62. The van der Waals surface area contributed by atoms with Gasteiger partial charge in [-0.1, -0.05) is 140 Å². The molecule has 0 saturated heterocycles. The van der Waals surface area contributed by atoms with Crippen molar-refractivity contribution in [1.29, 1.82) is 0 Å². The molecule has 57 heavy (non-hydrogen) atoms. The van der Waals surface area contributed by atoms with Crippen molar-refractivity contribution in [2.45, 2.75) is 0 Å². The average molecular weight is 731 g/mol. The Balaban J connectivity index is 1.13. The highest BCUT2D eigenvalue weighted by Crippen LogP contribution is 2.43. The van der Waals surface area contributed by atoms with E-state index in [9.17, 15) is 0 Å². The van der Waals surface area contributed by atoms with Crippen LogP contribution in [0.1, 0.15) is 0 Å². The number of rotatable bonds is 5. The molecule has 0 atom stereocenters. The second-order valence-electron chi connectivity index (χ2n) is 14.3. The normalized spacial score (nSPS) is 11.9. The summed E-state index contributed by atoms with van der Waals surface area (Å²) in [6.45, 7) is 0. The highest BCUT2D eigenvalue weighted by molar-refractivity contribution is 6.18. The summed E-state index contributed by atoms with van der Waals surface area (Å²) in [6.07, 6.45) is 0. The summed E-state index contributed by atoms with van der Waals surface area (Å²) in [7, 11) is 0. The molecule has 266 valence electrons. The van der Waals surface area contributed by atoms with Crippen LogP contribution in [0.3, 0.4) is 0 Å². The molecule has 0 bridgehead atoms. The Hall–Kier alpha value is -7.83. The Bertz CT molecular complexity index is 3470. The standard InChI is InChI=1S/C51H30N4O2/c1-3-15-31(16-4-1)33-21-12-28-42-45(33)36-22-11-24-38(48(36)57-42)51-53-49(32-17-5-2-6-18-32)52-50(54-51)37-23-13-29-43-46(37)47-41(27-14-30-44(47)56-43)55-39-25-9-7-19-34(39)35-20-8-10-26-40(35)55/h1-30H. The van der Waals surface area contributed by atoms with Gasteiger partial charge in [-0.15, -0.1) is 0 Å². The molecule has 0 saturated carbocycles. The van der Waals surface area contributed by atoms with Crippen LogP contribution in [-0.2, 0) is 0 Å². The number of para-hydroxylation sites is 3. The smallest absolute Gasteiger partial charge is 0.167 e. The van der Waals surface area contributed by atoms with Gasteiger partial charge in [0.1, 0.15) is 22.3 Å². The molecule has 4 heterocycles. The fraction of sp³-hybridized carbons (Fsp3) is 0. The molecule has 0 spiro atoms. The maximum absolute atomic E-state index is 6.72. The van der Waals surface area contributed by atoms with E-state index in [0.717, 1.165) is 88.4 Å². The maximum atomic E-state index is 6.72. The maximum Gasteiger partial charge on any atom is 0.167 e. The zero-order valence-electron chi connectivity index (χ0n) is 30.4. The number of fused-ring (bicyclic) bond motifs is 9. The predicted molar refractivity (Wildman–Crippen MR) is 230 cm³/mol. The van der Waals surface area contributed by atoms with Gasteiger partial charge in [0, 0.05) is 38.1 Å². The van der Waals surface area contributed by atoms with Crippen LogP contribution in [0.25, 0.3) is 117 Å². The summed E-state index contributed by atoms with van der Waals surface area (Å²) in [5.41, 5.74) is 11.1. The van der Waals surface area contributed by atoms with Crippen molar-refractivity contribution in [2.75, 3.05) is 0 Å². The van der Waals surface area contributed by atoms with Crippen molar-refractivity contribution < 1.29 is 8.83 Å². The molecule has 0 fully saturated rings. The van der Waals surface area contributed by atoms with Gasteiger partial charge in [0.15, 0.2) is 17.5 Å². The summed E-state index contributed by atoms with van der Waals surface area (Å²) >= 11 is 0. The SMILES string of the molecule is c1ccc(-c2nc(-c3cccc4c3oc3cccc(-c5ccccc5)c34)nc(-c3cccc4oc5cccc(-n6c7ccccc7c7ccccc76)c5c34)n2)cc1. The Morgan fingerprint density at radius 1 is 0.333 bits per heavy atom. The molecule has 0 aliphatic rings. The lowest BCUT2D eigenvalue weighted by Crippen LogP contribution is -2.01. The molecular formula is C51H30N4O2. The van der Waals surface area contributed by atoms with Crippen LogP contribution in [0, 0.1) is 0 Å². The topological polar surface area (TPSA) is 69.9 Å². The van der Waals surface area contributed by atoms with Crippen LogP contribution in [0.5, 0.6) is 0 Å². The first kappa shape index (κ1) is 31.5. The second kappa shape index (κ2) is 12.3. The summed E-state index contributed by atoms with van der Waals surface area (Å²) in [4.78, 5) is 15.6. The summed E-state index contributed by atoms with van der Waals surface area (Å²) < 4.78 is 15.7. The number of nitrogens with zero attached hydrogens (tertiary/aromatic N) is 4. The van der Waals surface area contributed by atoms with E-state index in [1.54, 1.807) is 0 Å². The number of aromatic nitrogens is 4. The third-order valence-corrected chi connectivity index (χ3v) is 11.1. The van der Waals surface area contributed by atoms with Crippen LogP contribution in [0.4, 0.5) is 0 Å². The minimum absolute atomic E-state index is 0.525. The quantitative estimate of drug-likeness (QED) is 0.176. The van der Waals surface area contributed by atoms with Gasteiger partial charge in [-0.3, -0.25) is 0 Å². The minimum atomic E-state index is 0.525. The Labute approximate surface area is 325 Å². The van der Waals surface area contributed by atoms with Crippen LogP contribution < -0.4 is 0 Å². The lowest BCUT2D eigenvalue weighted by Gasteiger charge is -2.12. The molecule has 12 rings (SSSR count). The first-order valence-corrected chi connectivity index (χ1v) is 19.0. The number of benzene rings is 8. The van der Waals surface area contributed by atoms with E-state index in [1.165, 1.54) is 10.8 Å². The fourth-order valence-electron chi connectivity index (χ4n) is 8.62. The van der Waals surface area contributed by atoms with E-state index >= 15 is 0 Å². The van der Waals surface area contributed by atoms with Crippen molar-refractivity contribution in [2.24, 2.45) is 0 Å². The van der Waals surface area contributed by atoms with Crippen molar-refractivity contribution in [3.05, 3.63) is 182 Å². The Kier molecular flexibility index (Phi) is 6.83. The first-order valence-electron chi connectivity index (χ1n) is 19.0. The van der Waals surface area contributed by atoms with Gasteiger partial charge in [-0.2, -0.15) is 0 Å². The lowest BCUT2D eigenvalue weighted by atomic mass is 9.99. The molecule has 0 aliphatic heterocycles. The van der Waals surface area contributed by atoms with Crippen LogP contribution >= 0.6 is 0 Å². The molecule has 6 nitrogen and oxygen atoms in total. The molecule has 0 amide bonds. The van der Waals surface area contributed by atoms with Crippen LogP contribution in [0.15, 0.2) is 191 Å². The van der Waals surface area contributed by atoms with Gasteiger partial charge >= 0.3 is 0 Å². The predicted octanol–water partition coefficient (Wildman–Crippen LogP) is 13.4. The van der Waals surface area contributed by atoms with Gasteiger partial charge in [-0.25, -0.2) is 15.0 Å². The Morgan fingerprint density at radius 2 is 0.842 bits per heavy atom. The van der Waals surface area contributed by atoms with E-state index in [-0.39, 0.29) is 0 Å². The second-order valence-corrected chi connectivity index (χ2v) is 14.3. The molecule has 0 unspecified atom stereocenters. The highest BCUT2D eigenvalue weighted by atomic mass is 16.3. The number of hydrogen-bond donors (Lipinski definition) is 0.